The summed E-state index contributed by atoms with van der Waals surface area (Å²) in [6.45, 7) is 5.91. The van der Waals surface area contributed by atoms with Crippen molar-refractivity contribution in [3.8, 4) is 0 Å². The molecule has 138 valence electrons. The van der Waals surface area contributed by atoms with Crippen molar-refractivity contribution in [3.63, 3.8) is 0 Å². The molecule has 8 nitrogen and oxygen atoms in total. The Bertz CT molecular complexity index is 903. The highest BCUT2D eigenvalue weighted by Gasteiger charge is 2.12. The molecule has 0 saturated carbocycles. The Morgan fingerprint density at radius 2 is 1.85 bits per heavy atom. The third-order valence-corrected chi connectivity index (χ3v) is 5.32. The summed E-state index contributed by atoms with van der Waals surface area (Å²) in [6, 6.07) is 9.46. The smallest absolute Gasteiger partial charge is 0.256 e. The van der Waals surface area contributed by atoms with Crippen molar-refractivity contribution in [2.24, 2.45) is 0 Å². The normalized spacial score (nSPS) is 12.5. The average Bonchev–Trinajstić information content (AvgIpc) is 3.12. The van der Waals surface area contributed by atoms with E-state index < -0.39 is 11.0 Å². The van der Waals surface area contributed by atoms with E-state index in [0.717, 1.165) is 35.3 Å². The van der Waals surface area contributed by atoms with Gasteiger partial charge in [-0.25, -0.2) is 8.51 Å². The second-order valence-corrected chi connectivity index (χ2v) is 7.55. The number of anilines is 3. The number of hydrogen-bond donors (Lipinski definition) is 1. The van der Waals surface area contributed by atoms with Gasteiger partial charge in [0.2, 0.25) is 0 Å². The molecule has 2 heterocycles. The molecule has 0 aliphatic carbocycles. The topological polar surface area (TPSA) is 78.7 Å². The SMILES string of the molecule is CCN(CC)c1cc(Nc2ccc(S(=O)N(C)C)cc2)n2ncnc2n1. The lowest BCUT2D eigenvalue weighted by atomic mass is 10.3. The molecule has 0 aliphatic rings. The lowest BCUT2D eigenvalue weighted by Crippen LogP contribution is -2.23. The number of benzene rings is 1. The van der Waals surface area contributed by atoms with Crippen LogP contribution < -0.4 is 10.2 Å². The largest absolute Gasteiger partial charge is 0.357 e. The highest BCUT2D eigenvalue weighted by Crippen LogP contribution is 2.23. The Hall–Kier alpha value is -2.52. The fourth-order valence-corrected chi connectivity index (χ4v) is 3.40. The minimum absolute atomic E-state index is 0.544. The molecular formula is C17H23N7OS. The Morgan fingerprint density at radius 1 is 1.15 bits per heavy atom. The van der Waals surface area contributed by atoms with Crippen molar-refractivity contribution in [3.05, 3.63) is 36.7 Å². The van der Waals surface area contributed by atoms with Crippen LogP contribution in [0.15, 0.2) is 41.6 Å². The van der Waals surface area contributed by atoms with Crippen LogP contribution >= 0.6 is 0 Å². The van der Waals surface area contributed by atoms with Crippen LogP contribution in [0.2, 0.25) is 0 Å². The monoisotopic (exact) mass is 373 g/mol. The predicted octanol–water partition coefficient (Wildman–Crippen LogP) is 2.30. The zero-order valence-corrected chi connectivity index (χ0v) is 16.2. The predicted molar refractivity (Wildman–Crippen MR) is 104 cm³/mol. The lowest BCUT2D eigenvalue weighted by Gasteiger charge is -2.20. The van der Waals surface area contributed by atoms with Gasteiger partial charge in [0.25, 0.3) is 5.78 Å². The fraction of sp³-hybridized carbons (Fsp3) is 0.353. The minimum atomic E-state index is -1.16. The number of nitrogens with zero attached hydrogens (tertiary/aromatic N) is 6. The van der Waals surface area contributed by atoms with E-state index in [1.807, 2.05) is 30.3 Å². The van der Waals surface area contributed by atoms with Crippen LogP contribution in [0.4, 0.5) is 17.3 Å². The first-order valence-corrected chi connectivity index (χ1v) is 9.56. The van der Waals surface area contributed by atoms with Gasteiger partial charge in [0.1, 0.15) is 28.9 Å². The van der Waals surface area contributed by atoms with Crippen molar-refractivity contribution >= 4 is 34.1 Å². The van der Waals surface area contributed by atoms with Gasteiger partial charge in [-0.15, -0.1) is 0 Å². The lowest BCUT2D eigenvalue weighted by molar-refractivity contribution is 0.603. The summed E-state index contributed by atoms with van der Waals surface area (Å²) in [5.41, 5.74) is 0.873. The molecule has 3 aromatic rings. The molecule has 0 bridgehead atoms. The molecule has 3 rings (SSSR count). The molecule has 1 atom stereocenters. The summed E-state index contributed by atoms with van der Waals surface area (Å²) in [7, 11) is 2.42. The molecule has 0 amide bonds. The molecule has 9 heteroatoms. The Balaban J connectivity index is 1.92. The van der Waals surface area contributed by atoms with Crippen LogP contribution in [0.1, 0.15) is 13.8 Å². The van der Waals surface area contributed by atoms with Crippen molar-refractivity contribution < 1.29 is 4.21 Å². The summed E-state index contributed by atoms with van der Waals surface area (Å²) in [4.78, 5) is 11.7. The molecule has 0 aliphatic heterocycles. The van der Waals surface area contributed by atoms with Crippen molar-refractivity contribution in [1.82, 2.24) is 23.9 Å². The van der Waals surface area contributed by atoms with E-state index in [0.29, 0.717) is 5.78 Å². The van der Waals surface area contributed by atoms with Crippen LogP contribution in [0.5, 0.6) is 0 Å². The van der Waals surface area contributed by atoms with Crippen LogP contribution in [0.3, 0.4) is 0 Å². The second kappa shape index (κ2) is 7.79. The zero-order valence-electron chi connectivity index (χ0n) is 15.4. The first kappa shape index (κ1) is 18.3. The summed E-state index contributed by atoms with van der Waals surface area (Å²) < 4.78 is 15.5. The molecule has 0 saturated heterocycles. The van der Waals surface area contributed by atoms with Crippen molar-refractivity contribution in [2.45, 2.75) is 18.7 Å². The van der Waals surface area contributed by atoms with Crippen LogP contribution in [0, 0.1) is 0 Å². The number of hydrogen-bond acceptors (Lipinski definition) is 6. The Morgan fingerprint density at radius 3 is 2.46 bits per heavy atom. The Kier molecular flexibility index (Phi) is 5.48. The van der Waals surface area contributed by atoms with E-state index in [1.165, 1.54) is 6.33 Å². The van der Waals surface area contributed by atoms with Gasteiger partial charge in [0, 0.05) is 24.8 Å². The maximum atomic E-state index is 12.1. The summed E-state index contributed by atoms with van der Waals surface area (Å²) in [6.07, 6.45) is 1.49. The maximum Gasteiger partial charge on any atom is 0.256 e. The maximum absolute atomic E-state index is 12.1. The highest BCUT2D eigenvalue weighted by atomic mass is 32.2. The van der Waals surface area contributed by atoms with Crippen molar-refractivity contribution in [2.75, 3.05) is 37.4 Å². The fourth-order valence-electron chi connectivity index (χ4n) is 2.61. The Labute approximate surface area is 155 Å². The third kappa shape index (κ3) is 3.68. The van der Waals surface area contributed by atoms with Gasteiger partial charge in [0.15, 0.2) is 0 Å². The van der Waals surface area contributed by atoms with Gasteiger partial charge >= 0.3 is 0 Å². The number of nitrogens with one attached hydrogen (secondary N) is 1. The van der Waals surface area contributed by atoms with Gasteiger partial charge in [-0.05, 0) is 52.2 Å². The number of aromatic nitrogens is 4. The molecule has 0 fully saturated rings. The van der Waals surface area contributed by atoms with Crippen LogP contribution in [0.25, 0.3) is 5.78 Å². The van der Waals surface area contributed by atoms with E-state index in [1.54, 1.807) is 22.9 Å². The number of rotatable bonds is 7. The van der Waals surface area contributed by atoms with E-state index >= 15 is 0 Å². The third-order valence-electron chi connectivity index (χ3n) is 3.99. The minimum Gasteiger partial charge on any atom is -0.357 e. The molecule has 1 aromatic carbocycles. The highest BCUT2D eigenvalue weighted by molar-refractivity contribution is 7.82. The van der Waals surface area contributed by atoms with E-state index in [2.05, 4.69) is 39.1 Å². The standard InChI is InChI=1S/C17H23N7OS/c1-5-23(6-2)15-11-16(24-17(21-15)18-12-19-24)20-13-7-9-14(10-8-13)26(25)22(3)4/h7-12,20H,5-6H2,1-4H3. The van der Waals surface area contributed by atoms with E-state index in [9.17, 15) is 4.21 Å². The van der Waals surface area contributed by atoms with E-state index in [-0.39, 0.29) is 0 Å². The molecule has 26 heavy (non-hydrogen) atoms. The van der Waals surface area contributed by atoms with Gasteiger partial charge < -0.3 is 10.2 Å². The molecule has 2 aromatic heterocycles. The quantitative estimate of drug-likeness (QED) is 0.685. The first-order chi connectivity index (χ1) is 12.5. The molecule has 1 N–H and O–H groups in total. The van der Waals surface area contributed by atoms with Gasteiger partial charge in [-0.1, -0.05) is 0 Å². The zero-order chi connectivity index (χ0) is 18.7. The van der Waals surface area contributed by atoms with Crippen LogP contribution in [-0.4, -0.2) is 55.3 Å². The summed E-state index contributed by atoms with van der Waals surface area (Å²) in [5.74, 6) is 2.17. The first-order valence-electron chi connectivity index (χ1n) is 8.45. The molecule has 0 radical (unpaired) electrons. The van der Waals surface area contributed by atoms with Gasteiger partial charge in [-0.3, -0.25) is 0 Å². The molecule has 0 spiro atoms. The summed E-state index contributed by atoms with van der Waals surface area (Å²) >= 11 is 0. The number of fused-ring (bicyclic) bond motifs is 1. The molecule has 1 unspecified atom stereocenters. The molecular weight excluding hydrogens is 350 g/mol. The van der Waals surface area contributed by atoms with Gasteiger partial charge in [0.05, 0.1) is 4.90 Å². The van der Waals surface area contributed by atoms with Crippen LogP contribution in [-0.2, 0) is 11.0 Å². The second-order valence-electron chi connectivity index (χ2n) is 5.85. The summed E-state index contributed by atoms with van der Waals surface area (Å²) in [5, 5.41) is 7.60. The van der Waals surface area contributed by atoms with Crippen molar-refractivity contribution in [1.29, 1.82) is 0 Å². The van der Waals surface area contributed by atoms with E-state index in [4.69, 9.17) is 0 Å². The average molecular weight is 373 g/mol. The van der Waals surface area contributed by atoms with Gasteiger partial charge in [-0.2, -0.15) is 19.6 Å².